The van der Waals surface area contributed by atoms with Crippen LogP contribution in [0.3, 0.4) is 0 Å². The van der Waals surface area contributed by atoms with Gasteiger partial charge in [0.2, 0.25) is 0 Å². The molecule has 0 fully saturated rings. The Kier molecular flexibility index (Phi) is 6.55. The zero-order valence-electron chi connectivity index (χ0n) is 10.0. The van der Waals surface area contributed by atoms with Crippen molar-refractivity contribution < 1.29 is 14.3 Å². The maximum atomic E-state index is 11.2. The molecule has 0 radical (unpaired) electrons. The minimum Gasteiger partial charge on any atom is -0.494 e. The van der Waals surface area contributed by atoms with Gasteiger partial charge in [0.25, 0.3) is 0 Å². The van der Waals surface area contributed by atoms with E-state index < -0.39 is 0 Å². The molecule has 0 saturated carbocycles. The maximum absolute atomic E-state index is 11.2. The van der Waals surface area contributed by atoms with E-state index in [2.05, 4.69) is 17.4 Å². The van der Waals surface area contributed by atoms with E-state index in [0.29, 0.717) is 12.2 Å². The Morgan fingerprint density at radius 3 is 2.47 bits per heavy atom. The van der Waals surface area contributed by atoms with E-state index in [0.717, 1.165) is 30.8 Å². The van der Waals surface area contributed by atoms with Crippen LogP contribution < -0.4 is 4.74 Å². The molecular formula is C13H18O3S. The molecule has 0 aliphatic heterocycles. The Labute approximate surface area is 108 Å². The predicted molar refractivity (Wildman–Crippen MR) is 71.0 cm³/mol. The molecule has 4 heteroatoms. The quantitative estimate of drug-likeness (QED) is 0.461. The van der Waals surface area contributed by atoms with Crippen molar-refractivity contribution in [3.8, 4) is 5.75 Å². The van der Waals surface area contributed by atoms with Crippen molar-refractivity contribution in [3.05, 3.63) is 29.8 Å². The summed E-state index contributed by atoms with van der Waals surface area (Å²) >= 11 is 4.15. The lowest BCUT2D eigenvalue weighted by Gasteiger charge is -2.06. The van der Waals surface area contributed by atoms with Gasteiger partial charge in [-0.1, -0.05) is 0 Å². The molecule has 0 atom stereocenters. The van der Waals surface area contributed by atoms with Crippen LogP contribution in [0.5, 0.6) is 5.75 Å². The van der Waals surface area contributed by atoms with E-state index in [1.54, 1.807) is 24.3 Å². The highest BCUT2D eigenvalue weighted by molar-refractivity contribution is 7.80. The number of esters is 1. The second kappa shape index (κ2) is 8.01. The van der Waals surface area contributed by atoms with Crippen LogP contribution in [0, 0.1) is 0 Å². The van der Waals surface area contributed by atoms with Crippen molar-refractivity contribution in [1.29, 1.82) is 0 Å². The standard InChI is InChI=1S/C13H18O3S/c1-15-13(14)11-5-7-12(8-6-11)16-9-3-2-4-10-17/h5-8,17H,2-4,9-10H2,1H3. The third-order valence-electron chi connectivity index (χ3n) is 2.35. The van der Waals surface area contributed by atoms with E-state index in [4.69, 9.17) is 4.74 Å². The van der Waals surface area contributed by atoms with E-state index in [-0.39, 0.29) is 5.97 Å². The molecule has 1 aromatic rings. The van der Waals surface area contributed by atoms with Gasteiger partial charge in [0.05, 0.1) is 19.3 Å². The van der Waals surface area contributed by atoms with Gasteiger partial charge in [0.15, 0.2) is 0 Å². The largest absolute Gasteiger partial charge is 0.494 e. The lowest BCUT2D eigenvalue weighted by atomic mass is 10.2. The van der Waals surface area contributed by atoms with Crippen LogP contribution in [-0.4, -0.2) is 25.4 Å². The second-order valence-electron chi connectivity index (χ2n) is 3.65. The van der Waals surface area contributed by atoms with E-state index >= 15 is 0 Å². The number of carbonyl (C=O) groups is 1. The van der Waals surface area contributed by atoms with E-state index in [1.807, 2.05) is 0 Å². The molecule has 0 aliphatic carbocycles. The zero-order chi connectivity index (χ0) is 12.5. The topological polar surface area (TPSA) is 35.5 Å². The average molecular weight is 254 g/mol. The molecule has 0 N–H and O–H groups in total. The van der Waals surface area contributed by atoms with Crippen LogP contribution in [0.25, 0.3) is 0 Å². The van der Waals surface area contributed by atoms with Crippen LogP contribution >= 0.6 is 12.6 Å². The molecule has 17 heavy (non-hydrogen) atoms. The van der Waals surface area contributed by atoms with Gasteiger partial charge in [-0.2, -0.15) is 12.6 Å². The van der Waals surface area contributed by atoms with Gasteiger partial charge in [-0.15, -0.1) is 0 Å². The summed E-state index contributed by atoms with van der Waals surface area (Å²) in [7, 11) is 1.37. The minimum absolute atomic E-state index is 0.328. The number of ether oxygens (including phenoxy) is 2. The Balaban J connectivity index is 2.33. The molecule has 94 valence electrons. The van der Waals surface area contributed by atoms with Gasteiger partial charge in [0.1, 0.15) is 5.75 Å². The third kappa shape index (κ3) is 5.13. The molecule has 1 aromatic carbocycles. The van der Waals surface area contributed by atoms with Gasteiger partial charge in [-0.25, -0.2) is 4.79 Å². The molecule has 0 saturated heterocycles. The van der Waals surface area contributed by atoms with Crippen LogP contribution in [0.2, 0.25) is 0 Å². The summed E-state index contributed by atoms with van der Waals surface area (Å²) in [6, 6.07) is 6.97. The fraction of sp³-hybridized carbons (Fsp3) is 0.462. The summed E-state index contributed by atoms with van der Waals surface area (Å²) in [5, 5.41) is 0. The highest BCUT2D eigenvalue weighted by Gasteiger charge is 2.04. The van der Waals surface area contributed by atoms with Gasteiger partial charge in [-0.3, -0.25) is 0 Å². The molecule has 0 spiro atoms. The molecule has 1 rings (SSSR count). The van der Waals surface area contributed by atoms with Crippen LogP contribution in [0.15, 0.2) is 24.3 Å². The molecule has 0 aliphatic rings. The summed E-state index contributed by atoms with van der Waals surface area (Å²) in [6.45, 7) is 0.700. The summed E-state index contributed by atoms with van der Waals surface area (Å²) in [5.74, 6) is 1.38. The Morgan fingerprint density at radius 1 is 1.18 bits per heavy atom. The van der Waals surface area contributed by atoms with Crippen molar-refractivity contribution in [1.82, 2.24) is 0 Å². The molecule has 0 unspecified atom stereocenters. The summed E-state index contributed by atoms with van der Waals surface area (Å²) in [5.41, 5.74) is 0.537. The fourth-order valence-electron chi connectivity index (χ4n) is 1.39. The lowest BCUT2D eigenvalue weighted by Crippen LogP contribution is -2.01. The highest BCUT2D eigenvalue weighted by Crippen LogP contribution is 2.13. The number of carbonyl (C=O) groups excluding carboxylic acids is 1. The monoisotopic (exact) mass is 254 g/mol. The SMILES string of the molecule is COC(=O)c1ccc(OCCCCCS)cc1. The third-order valence-corrected chi connectivity index (χ3v) is 2.66. The number of thiol groups is 1. The number of unbranched alkanes of at least 4 members (excludes halogenated alkanes) is 2. The Morgan fingerprint density at radius 2 is 1.88 bits per heavy atom. The van der Waals surface area contributed by atoms with Crippen LogP contribution in [-0.2, 0) is 4.74 Å². The molecule has 0 aromatic heterocycles. The van der Waals surface area contributed by atoms with Crippen LogP contribution in [0.4, 0.5) is 0 Å². The molecule has 0 bridgehead atoms. The molecule has 3 nitrogen and oxygen atoms in total. The van der Waals surface area contributed by atoms with Gasteiger partial charge in [0, 0.05) is 0 Å². The van der Waals surface area contributed by atoms with Crippen molar-refractivity contribution in [3.63, 3.8) is 0 Å². The lowest BCUT2D eigenvalue weighted by molar-refractivity contribution is 0.0600. The first-order valence-corrected chi connectivity index (χ1v) is 6.33. The Hall–Kier alpha value is -1.16. The van der Waals surface area contributed by atoms with Gasteiger partial charge in [-0.05, 0) is 49.3 Å². The molecular weight excluding hydrogens is 236 g/mol. The normalized spacial score (nSPS) is 10.0. The molecule has 0 heterocycles. The first-order valence-electron chi connectivity index (χ1n) is 5.70. The summed E-state index contributed by atoms with van der Waals surface area (Å²) < 4.78 is 10.2. The smallest absolute Gasteiger partial charge is 0.337 e. The van der Waals surface area contributed by atoms with Crippen molar-refractivity contribution in [2.24, 2.45) is 0 Å². The zero-order valence-corrected chi connectivity index (χ0v) is 10.9. The number of rotatable bonds is 7. The Bertz CT molecular complexity index is 335. The van der Waals surface area contributed by atoms with Crippen molar-refractivity contribution >= 4 is 18.6 Å². The van der Waals surface area contributed by atoms with Gasteiger partial charge >= 0.3 is 5.97 Å². The first-order chi connectivity index (χ1) is 8.27. The average Bonchev–Trinajstić information content (AvgIpc) is 2.38. The highest BCUT2D eigenvalue weighted by atomic mass is 32.1. The predicted octanol–water partition coefficient (Wildman–Crippen LogP) is 2.95. The maximum Gasteiger partial charge on any atom is 0.337 e. The first kappa shape index (κ1) is 13.9. The summed E-state index contributed by atoms with van der Waals surface area (Å²) in [6.07, 6.45) is 3.27. The summed E-state index contributed by atoms with van der Waals surface area (Å²) in [4.78, 5) is 11.2. The number of hydrogen-bond donors (Lipinski definition) is 1. The number of methoxy groups -OCH3 is 1. The minimum atomic E-state index is -0.328. The molecule has 0 amide bonds. The number of benzene rings is 1. The fourth-order valence-corrected chi connectivity index (χ4v) is 1.61. The second-order valence-corrected chi connectivity index (χ2v) is 4.10. The number of hydrogen-bond acceptors (Lipinski definition) is 4. The van der Waals surface area contributed by atoms with E-state index in [9.17, 15) is 4.79 Å². The van der Waals surface area contributed by atoms with Gasteiger partial charge < -0.3 is 9.47 Å². The van der Waals surface area contributed by atoms with Crippen LogP contribution in [0.1, 0.15) is 29.6 Å². The van der Waals surface area contributed by atoms with Crippen molar-refractivity contribution in [2.75, 3.05) is 19.5 Å². The van der Waals surface area contributed by atoms with E-state index in [1.165, 1.54) is 7.11 Å². The van der Waals surface area contributed by atoms with Crippen molar-refractivity contribution in [2.45, 2.75) is 19.3 Å².